The van der Waals surface area contributed by atoms with Gasteiger partial charge in [0.1, 0.15) is 10.1 Å². The number of halogens is 1. The molecule has 0 fully saturated rings. The summed E-state index contributed by atoms with van der Waals surface area (Å²) in [5.74, 6) is 0. The molecule has 26 heavy (non-hydrogen) atoms. The Morgan fingerprint density at radius 3 is 2.73 bits per heavy atom. The van der Waals surface area contributed by atoms with Crippen molar-refractivity contribution in [2.75, 3.05) is 7.05 Å². The summed E-state index contributed by atoms with van der Waals surface area (Å²) in [5, 5.41) is 15.9. The number of carboxylic acid groups (broad SMARTS) is 1. The van der Waals surface area contributed by atoms with Crippen LogP contribution in [0.15, 0.2) is 58.6 Å². The molecule has 1 N–H and O–H groups in total. The number of benzene rings is 1. The van der Waals surface area contributed by atoms with E-state index in [9.17, 15) is 4.79 Å². The van der Waals surface area contributed by atoms with Gasteiger partial charge in [0.2, 0.25) is 0 Å². The van der Waals surface area contributed by atoms with Gasteiger partial charge in [-0.1, -0.05) is 29.8 Å². The molecule has 3 rings (SSSR count). The maximum absolute atomic E-state index is 11.1. The number of hydrogen-bond donors (Lipinski definition) is 1. The van der Waals surface area contributed by atoms with Crippen LogP contribution in [0.3, 0.4) is 0 Å². The number of aryl methyl sites for hydroxylation is 1. The van der Waals surface area contributed by atoms with Crippen LogP contribution in [0.2, 0.25) is 5.02 Å². The van der Waals surface area contributed by atoms with Crippen LogP contribution in [0.25, 0.3) is 5.69 Å². The molecule has 3 aromatic rings. The van der Waals surface area contributed by atoms with Crippen molar-refractivity contribution in [3.05, 3.63) is 64.9 Å². The molecule has 0 aliphatic heterocycles. The molecule has 134 valence electrons. The zero-order valence-corrected chi connectivity index (χ0v) is 15.8. The van der Waals surface area contributed by atoms with Gasteiger partial charge in [-0.15, -0.1) is 0 Å². The van der Waals surface area contributed by atoms with Gasteiger partial charge in [0, 0.05) is 12.7 Å². The molecule has 0 aliphatic rings. The highest BCUT2D eigenvalue weighted by molar-refractivity contribution is 7.99. The third kappa shape index (κ3) is 4.17. The second-order valence-electron chi connectivity index (χ2n) is 5.70. The standard InChI is InChI=1S/C18H17ClN4O2S/c1-12-6-5-9-16(20-12)26-17-10-13(11-22(2)18(24)25)21-23(17)15-8-4-3-7-14(15)19/h3-10H,11H2,1-2H3,(H,24,25). The van der Waals surface area contributed by atoms with Gasteiger partial charge in [0.15, 0.2) is 0 Å². The Morgan fingerprint density at radius 1 is 1.27 bits per heavy atom. The summed E-state index contributed by atoms with van der Waals surface area (Å²) in [6, 6.07) is 15.0. The first-order valence-electron chi connectivity index (χ1n) is 7.83. The van der Waals surface area contributed by atoms with Crippen LogP contribution in [0.4, 0.5) is 4.79 Å². The Balaban J connectivity index is 2.01. The quantitative estimate of drug-likeness (QED) is 0.697. The fraction of sp³-hybridized carbons (Fsp3) is 0.167. The minimum atomic E-state index is -1.01. The predicted molar refractivity (Wildman–Crippen MR) is 101 cm³/mol. The smallest absolute Gasteiger partial charge is 0.407 e. The molecule has 0 spiro atoms. The zero-order chi connectivity index (χ0) is 18.7. The lowest BCUT2D eigenvalue weighted by Gasteiger charge is -2.10. The van der Waals surface area contributed by atoms with Crippen molar-refractivity contribution < 1.29 is 9.90 Å². The number of carbonyl (C=O) groups is 1. The molecule has 0 saturated heterocycles. The molecule has 8 heteroatoms. The van der Waals surface area contributed by atoms with Crippen molar-refractivity contribution in [1.82, 2.24) is 19.7 Å². The summed E-state index contributed by atoms with van der Waals surface area (Å²) >= 11 is 7.79. The van der Waals surface area contributed by atoms with Gasteiger partial charge in [-0.05, 0) is 49.0 Å². The van der Waals surface area contributed by atoms with Crippen LogP contribution in [0.5, 0.6) is 0 Å². The van der Waals surface area contributed by atoms with E-state index < -0.39 is 6.09 Å². The van der Waals surface area contributed by atoms with E-state index in [1.54, 1.807) is 10.7 Å². The Kier molecular flexibility index (Phi) is 5.49. The lowest BCUT2D eigenvalue weighted by molar-refractivity contribution is 0.153. The van der Waals surface area contributed by atoms with E-state index in [0.29, 0.717) is 10.7 Å². The first-order chi connectivity index (χ1) is 12.4. The predicted octanol–water partition coefficient (Wildman–Crippen LogP) is 4.49. The maximum Gasteiger partial charge on any atom is 0.407 e. The fourth-order valence-electron chi connectivity index (χ4n) is 2.35. The van der Waals surface area contributed by atoms with Crippen molar-refractivity contribution in [1.29, 1.82) is 0 Å². The van der Waals surface area contributed by atoms with Crippen LogP contribution >= 0.6 is 23.4 Å². The highest BCUT2D eigenvalue weighted by Crippen LogP contribution is 2.31. The average Bonchev–Trinajstić information content (AvgIpc) is 2.97. The molecule has 1 aromatic carbocycles. The zero-order valence-electron chi connectivity index (χ0n) is 14.3. The van der Waals surface area contributed by atoms with E-state index in [4.69, 9.17) is 16.7 Å². The summed E-state index contributed by atoms with van der Waals surface area (Å²) in [7, 11) is 1.51. The summed E-state index contributed by atoms with van der Waals surface area (Å²) in [5.41, 5.74) is 2.28. The van der Waals surface area contributed by atoms with E-state index in [1.165, 1.54) is 23.7 Å². The number of pyridine rings is 1. The molecule has 2 aromatic heterocycles. The monoisotopic (exact) mass is 388 g/mol. The van der Waals surface area contributed by atoms with E-state index in [2.05, 4.69) is 10.1 Å². The SMILES string of the molecule is Cc1cccc(Sc2cc(CN(C)C(=O)O)nn2-c2ccccc2Cl)n1. The van der Waals surface area contributed by atoms with Gasteiger partial charge in [0.05, 0.1) is 22.9 Å². The molecule has 0 radical (unpaired) electrons. The van der Waals surface area contributed by atoms with E-state index in [1.807, 2.05) is 49.4 Å². The topological polar surface area (TPSA) is 71.2 Å². The second kappa shape index (κ2) is 7.80. The van der Waals surface area contributed by atoms with Crippen molar-refractivity contribution in [2.24, 2.45) is 0 Å². The Bertz CT molecular complexity index is 944. The summed E-state index contributed by atoms with van der Waals surface area (Å²) < 4.78 is 1.72. The van der Waals surface area contributed by atoms with Crippen molar-refractivity contribution in [3.63, 3.8) is 0 Å². The van der Waals surface area contributed by atoms with Gasteiger partial charge in [-0.25, -0.2) is 14.5 Å². The van der Waals surface area contributed by atoms with Crippen LogP contribution in [0, 0.1) is 6.92 Å². The Hall–Kier alpha value is -2.51. The molecule has 0 bridgehead atoms. The molecule has 6 nitrogen and oxygen atoms in total. The molecule has 2 heterocycles. The number of para-hydroxylation sites is 1. The normalized spacial score (nSPS) is 10.7. The first-order valence-corrected chi connectivity index (χ1v) is 9.03. The van der Waals surface area contributed by atoms with Gasteiger partial charge in [-0.2, -0.15) is 5.10 Å². The molecule has 0 aliphatic carbocycles. The van der Waals surface area contributed by atoms with Crippen molar-refractivity contribution in [2.45, 2.75) is 23.5 Å². The third-order valence-electron chi connectivity index (χ3n) is 3.61. The minimum absolute atomic E-state index is 0.182. The minimum Gasteiger partial charge on any atom is -0.465 e. The van der Waals surface area contributed by atoms with Crippen LogP contribution in [-0.2, 0) is 6.54 Å². The number of rotatable bonds is 5. The van der Waals surface area contributed by atoms with Gasteiger partial charge in [-0.3, -0.25) is 0 Å². The molecule has 0 saturated carbocycles. The highest BCUT2D eigenvalue weighted by Gasteiger charge is 2.16. The Morgan fingerprint density at radius 2 is 2.04 bits per heavy atom. The highest BCUT2D eigenvalue weighted by atomic mass is 35.5. The molecular weight excluding hydrogens is 372 g/mol. The Labute approximate surface area is 160 Å². The van der Waals surface area contributed by atoms with Gasteiger partial charge < -0.3 is 10.0 Å². The van der Waals surface area contributed by atoms with Crippen LogP contribution < -0.4 is 0 Å². The summed E-state index contributed by atoms with van der Waals surface area (Å²) in [6.45, 7) is 2.12. The fourth-order valence-corrected chi connectivity index (χ4v) is 3.54. The van der Waals surface area contributed by atoms with Crippen molar-refractivity contribution in [3.8, 4) is 5.69 Å². The molecule has 1 amide bonds. The number of aromatic nitrogens is 3. The maximum atomic E-state index is 11.1. The second-order valence-corrected chi connectivity index (χ2v) is 7.14. The van der Waals surface area contributed by atoms with E-state index >= 15 is 0 Å². The first kappa shape index (κ1) is 18.3. The largest absolute Gasteiger partial charge is 0.465 e. The summed E-state index contributed by atoms with van der Waals surface area (Å²) in [6.07, 6.45) is -1.01. The third-order valence-corrected chi connectivity index (χ3v) is 4.86. The van der Waals surface area contributed by atoms with E-state index in [-0.39, 0.29) is 6.54 Å². The lowest BCUT2D eigenvalue weighted by Crippen LogP contribution is -2.24. The molecular formula is C18H17ClN4O2S. The van der Waals surface area contributed by atoms with Crippen molar-refractivity contribution >= 4 is 29.5 Å². The van der Waals surface area contributed by atoms with Crippen LogP contribution in [0.1, 0.15) is 11.4 Å². The average molecular weight is 389 g/mol. The molecule has 0 unspecified atom stereocenters. The lowest BCUT2D eigenvalue weighted by atomic mass is 10.3. The van der Waals surface area contributed by atoms with Gasteiger partial charge >= 0.3 is 6.09 Å². The van der Waals surface area contributed by atoms with E-state index in [0.717, 1.165) is 21.4 Å². The number of amides is 1. The van der Waals surface area contributed by atoms with Gasteiger partial charge in [0.25, 0.3) is 0 Å². The summed E-state index contributed by atoms with van der Waals surface area (Å²) in [4.78, 5) is 16.8. The van der Waals surface area contributed by atoms with Crippen LogP contribution in [-0.4, -0.2) is 37.9 Å². The molecule has 0 atom stereocenters. The number of hydrogen-bond acceptors (Lipinski definition) is 4. The number of nitrogens with zero attached hydrogens (tertiary/aromatic N) is 4.